The lowest BCUT2D eigenvalue weighted by Crippen LogP contribution is -2.41. The molecule has 0 saturated carbocycles. The van der Waals surface area contributed by atoms with Crippen LogP contribution in [0.1, 0.15) is 54.0 Å². The number of ether oxygens (including phenoxy) is 1. The highest BCUT2D eigenvalue weighted by molar-refractivity contribution is 6.62. The number of rotatable bonds is 3. The van der Waals surface area contributed by atoms with Crippen LogP contribution in [-0.4, -0.2) is 42.0 Å². The molecule has 1 fully saturated rings. The third-order valence-electron chi connectivity index (χ3n) is 4.67. The van der Waals surface area contributed by atoms with Crippen molar-refractivity contribution in [3.8, 4) is 0 Å². The molecule has 2 rings (SSSR count). The summed E-state index contributed by atoms with van der Waals surface area (Å²) >= 11 is 0. The molecule has 1 heterocycles. The molecule has 0 atom stereocenters. The van der Waals surface area contributed by atoms with Gasteiger partial charge in [0.2, 0.25) is 0 Å². The summed E-state index contributed by atoms with van der Waals surface area (Å²) in [6.07, 6.45) is -0.351. The second-order valence-electron chi connectivity index (χ2n) is 8.62. The van der Waals surface area contributed by atoms with Gasteiger partial charge < -0.3 is 18.9 Å². The molecular formula is C19H30BNO4. The number of nitrogens with zero attached hydrogens (tertiary/aromatic N) is 1. The summed E-state index contributed by atoms with van der Waals surface area (Å²) in [5, 5.41) is 0. The molecule has 138 valence electrons. The molecule has 0 radical (unpaired) electrons. The molecule has 0 N–H and O–H groups in total. The Balaban J connectivity index is 2.18. The van der Waals surface area contributed by atoms with Crippen LogP contribution in [0.5, 0.6) is 0 Å². The highest BCUT2D eigenvalue weighted by Gasteiger charge is 2.52. The lowest BCUT2D eigenvalue weighted by Gasteiger charge is -2.32. The molecule has 1 saturated heterocycles. The average molecular weight is 347 g/mol. The minimum Gasteiger partial charge on any atom is -0.444 e. The summed E-state index contributed by atoms with van der Waals surface area (Å²) in [6, 6.07) is 7.88. The zero-order valence-electron chi connectivity index (χ0n) is 16.7. The summed E-state index contributed by atoms with van der Waals surface area (Å²) in [5.41, 5.74) is 0.603. The van der Waals surface area contributed by atoms with Crippen LogP contribution < -0.4 is 5.46 Å². The van der Waals surface area contributed by atoms with E-state index in [9.17, 15) is 4.79 Å². The van der Waals surface area contributed by atoms with Gasteiger partial charge in [-0.15, -0.1) is 0 Å². The van der Waals surface area contributed by atoms with Gasteiger partial charge in [0, 0.05) is 13.6 Å². The highest BCUT2D eigenvalue weighted by atomic mass is 16.7. The third-order valence-corrected chi connectivity index (χ3v) is 4.67. The Morgan fingerprint density at radius 2 is 1.64 bits per heavy atom. The molecule has 1 aromatic carbocycles. The van der Waals surface area contributed by atoms with Crippen LogP contribution in [0.15, 0.2) is 24.3 Å². The second kappa shape index (κ2) is 6.65. The Morgan fingerprint density at radius 1 is 1.12 bits per heavy atom. The fourth-order valence-electron chi connectivity index (χ4n) is 2.54. The predicted octanol–water partition coefficient (Wildman–Crippen LogP) is 3.35. The highest BCUT2D eigenvalue weighted by Crippen LogP contribution is 2.36. The molecule has 1 aliphatic heterocycles. The predicted molar refractivity (Wildman–Crippen MR) is 99.9 cm³/mol. The minimum absolute atomic E-state index is 0.351. The van der Waals surface area contributed by atoms with Crippen LogP contribution in [0.4, 0.5) is 4.79 Å². The molecule has 0 spiro atoms. The SMILES string of the molecule is CN(Cc1ccccc1B1OC(C)(C)C(C)(C)O1)C(=O)OC(C)(C)C. The van der Waals surface area contributed by atoms with Gasteiger partial charge in [0.1, 0.15) is 5.60 Å². The maximum Gasteiger partial charge on any atom is 0.495 e. The molecule has 5 nitrogen and oxygen atoms in total. The fourth-order valence-corrected chi connectivity index (χ4v) is 2.54. The zero-order chi connectivity index (χ0) is 19.0. The zero-order valence-corrected chi connectivity index (χ0v) is 16.7. The van der Waals surface area contributed by atoms with Crippen LogP contribution in [0.2, 0.25) is 0 Å². The van der Waals surface area contributed by atoms with Crippen molar-refractivity contribution >= 4 is 18.7 Å². The number of carbonyl (C=O) groups excluding carboxylic acids is 1. The van der Waals surface area contributed by atoms with Crippen molar-refractivity contribution in [2.24, 2.45) is 0 Å². The Labute approximate surface area is 151 Å². The lowest BCUT2D eigenvalue weighted by atomic mass is 9.76. The lowest BCUT2D eigenvalue weighted by molar-refractivity contribution is 0.00578. The van der Waals surface area contributed by atoms with Crippen molar-refractivity contribution in [3.05, 3.63) is 29.8 Å². The van der Waals surface area contributed by atoms with E-state index in [1.165, 1.54) is 0 Å². The summed E-state index contributed by atoms with van der Waals surface area (Å²) < 4.78 is 17.7. The van der Waals surface area contributed by atoms with E-state index in [0.717, 1.165) is 11.0 Å². The molecule has 1 amide bonds. The van der Waals surface area contributed by atoms with Gasteiger partial charge in [-0.3, -0.25) is 0 Å². The van der Waals surface area contributed by atoms with Gasteiger partial charge >= 0.3 is 13.2 Å². The molecule has 0 aliphatic carbocycles. The van der Waals surface area contributed by atoms with Crippen molar-refractivity contribution in [3.63, 3.8) is 0 Å². The molecule has 0 unspecified atom stereocenters. The second-order valence-corrected chi connectivity index (χ2v) is 8.62. The Morgan fingerprint density at radius 3 is 2.16 bits per heavy atom. The monoisotopic (exact) mass is 347 g/mol. The van der Waals surface area contributed by atoms with Gasteiger partial charge in [0.05, 0.1) is 11.2 Å². The van der Waals surface area contributed by atoms with Gasteiger partial charge in [-0.2, -0.15) is 0 Å². The first-order valence-corrected chi connectivity index (χ1v) is 8.70. The number of carbonyl (C=O) groups is 1. The van der Waals surface area contributed by atoms with E-state index in [2.05, 4.69) is 0 Å². The van der Waals surface area contributed by atoms with Gasteiger partial charge in [-0.05, 0) is 59.5 Å². The first-order valence-electron chi connectivity index (χ1n) is 8.70. The van der Waals surface area contributed by atoms with Gasteiger partial charge in [0.25, 0.3) is 0 Å². The normalized spacial score (nSPS) is 19.0. The topological polar surface area (TPSA) is 48.0 Å². The Kier molecular flexibility index (Phi) is 5.27. The van der Waals surface area contributed by atoms with E-state index in [4.69, 9.17) is 14.0 Å². The number of hydrogen-bond acceptors (Lipinski definition) is 4. The molecule has 6 heteroatoms. The minimum atomic E-state index is -0.517. The van der Waals surface area contributed by atoms with E-state index in [-0.39, 0.29) is 6.09 Å². The summed E-state index contributed by atoms with van der Waals surface area (Å²) in [4.78, 5) is 13.8. The molecule has 25 heavy (non-hydrogen) atoms. The van der Waals surface area contributed by atoms with Crippen LogP contribution in [0.25, 0.3) is 0 Å². The van der Waals surface area contributed by atoms with Gasteiger partial charge in [-0.1, -0.05) is 24.3 Å². The van der Waals surface area contributed by atoms with Crippen LogP contribution >= 0.6 is 0 Å². The van der Waals surface area contributed by atoms with Crippen LogP contribution in [0.3, 0.4) is 0 Å². The van der Waals surface area contributed by atoms with E-state index in [1.54, 1.807) is 11.9 Å². The van der Waals surface area contributed by atoms with Crippen molar-refractivity contribution < 1.29 is 18.8 Å². The fraction of sp³-hybridized carbons (Fsp3) is 0.632. The van der Waals surface area contributed by atoms with Crippen molar-refractivity contribution in [2.45, 2.75) is 71.8 Å². The molecular weight excluding hydrogens is 317 g/mol. The number of hydrogen-bond donors (Lipinski definition) is 0. The first-order chi connectivity index (χ1) is 11.3. The molecule has 1 aromatic rings. The molecule has 0 aromatic heterocycles. The standard InChI is InChI=1S/C19H30BNO4/c1-17(2,3)23-16(22)21(8)13-14-11-9-10-12-15(14)20-24-18(4,5)19(6,7)25-20/h9-12H,13H2,1-8H3. The summed E-state index contributed by atoms with van der Waals surface area (Å²) in [6.45, 7) is 14.1. The van der Waals surface area contributed by atoms with Crippen molar-refractivity contribution in [1.82, 2.24) is 4.90 Å². The van der Waals surface area contributed by atoms with Gasteiger partial charge in [-0.25, -0.2) is 4.79 Å². The Hall–Kier alpha value is -1.53. The molecule has 1 aliphatic rings. The molecule has 0 bridgehead atoms. The van der Waals surface area contributed by atoms with Crippen LogP contribution in [0, 0.1) is 0 Å². The van der Waals surface area contributed by atoms with E-state index >= 15 is 0 Å². The van der Waals surface area contributed by atoms with Gasteiger partial charge in [0.15, 0.2) is 0 Å². The maximum atomic E-state index is 12.2. The largest absolute Gasteiger partial charge is 0.495 e. The van der Waals surface area contributed by atoms with Crippen molar-refractivity contribution in [1.29, 1.82) is 0 Å². The van der Waals surface area contributed by atoms with E-state index < -0.39 is 23.9 Å². The summed E-state index contributed by atoms with van der Waals surface area (Å²) in [7, 11) is 1.28. The first kappa shape index (κ1) is 19.8. The maximum absolute atomic E-state index is 12.2. The number of amides is 1. The quantitative estimate of drug-likeness (QED) is 0.787. The third kappa shape index (κ3) is 4.56. The van der Waals surface area contributed by atoms with Crippen LogP contribution in [-0.2, 0) is 20.6 Å². The summed E-state index contributed by atoms with van der Waals surface area (Å²) in [5.74, 6) is 0. The van der Waals surface area contributed by atoms with Crippen molar-refractivity contribution in [2.75, 3.05) is 7.05 Å². The van der Waals surface area contributed by atoms with E-state index in [1.807, 2.05) is 72.7 Å². The number of benzene rings is 1. The smallest absolute Gasteiger partial charge is 0.444 e. The Bertz CT molecular complexity index is 621. The van der Waals surface area contributed by atoms with E-state index in [0.29, 0.717) is 6.54 Å². The average Bonchev–Trinajstić information content (AvgIpc) is 2.66.